The highest BCUT2D eigenvalue weighted by Gasteiger charge is 2.32. The summed E-state index contributed by atoms with van der Waals surface area (Å²) in [5.74, 6) is -1.49. The molecule has 0 spiro atoms. The van der Waals surface area contributed by atoms with Crippen LogP contribution in [-0.2, 0) is 9.47 Å². The van der Waals surface area contributed by atoms with Crippen molar-refractivity contribution in [3.05, 3.63) is 29.8 Å². The second-order valence-corrected chi connectivity index (χ2v) is 3.29. The molecule has 1 aliphatic rings. The topological polar surface area (TPSA) is 38.8 Å². The normalized spacial score (nSPS) is 20.1. The molecule has 1 atom stereocenters. The third-order valence-corrected chi connectivity index (χ3v) is 2.21. The molecule has 1 saturated heterocycles. The van der Waals surface area contributed by atoms with Gasteiger partial charge in [-0.15, -0.1) is 0 Å². The number of anilines is 1. The highest BCUT2D eigenvalue weighted by atomic mass is 19.1. The van der Waals surface area contributed by atoms with E-state index in [4.69, 9.17) is 9.47 Å². The quantitative estimate of drug-likeness (QED) is 0.777. The van der Waals surface area contributed by atoms with Gasteiger partial charge in [0.2, 0.25) is 6.29 Å². The van der Waals surface area contributed by atoms with Crippen molar-refractivity contribution >= 4 is 11.8 Å². The maximum absolute atomic E-state index is 12.9. The molecule has 1 aromatic carbocycles. The average molecular weight is 229 g/mol. The minimum atomic E-state index is -0.747. The lowest BCUT2D eigenvalue weighted by Gasteiger charge is -2.12. The fourth-order valence-corrected chi connectivity index (χ4v) is 1.47. The number of hydrogen-bond donors (Lipinski definition) is 0. The van der Waals surface area contributed by atoms with Crippen molar-refractivity contribution in [3.63, 3.8) is 0 Å². The zero-order chi connectivity index (χ0) is 11.7. The van der Waals surface area contributed by atoms with Gasteiger partial charge in [-0.1, -0.05) is 0 Å². The molecule has 0 N–H and O–H groups in total. The fraction of sp³-hybridized carbons (Fsp3) is 0.300. The largest absolute Gasteiger partial charge is 0.417 e. The van der Waals surface area contributed by atoms with Gasteiger partial charge in [0.05, 0.1) is 12.2 Å². The number of rotatable bonds is 2. The first-order valence-corrected chi connectivity index (χ1v) is 4.57. The summed E-state index contributed by atoms with van der Waals surface area (Å²) < 4.78 is 35.5. The first kappa shape index (κ1) is 10.8. The molecule has 1 aromatic rings. The van der Waals surface area contributed by atoms with Crippen molar-refractivity contribution < 1.29 is 23.0 Å². The molecule has 1 heterocycles. The Morgan fingerprint density at radius 3 is 2.50 bits per heavy atom. The van der Waals surface area contributed by atoms with Crippen LogP contribution in [0.5, 0.6) is 0 Å². The molecule has 1 unspecified atom stereocenters. The Morgan fingerprint density at radius 1 is 1.38 bits per heavy atom. The highest BCUT2D eigenvalue weighted by molar-refractivity contribution is 5.89. The van der Waals surface area contributed by atoms with E-state index in [0.717, 1.165) is 23.1 Å². The van der Waals surface area contributed by atoms with Crippen LogP contribution in [0, 0.1) is 11.6 Å². The lowest BCUT2D eigenvalue weighted by molar-refractivity contribution is -0.0488. The second-order valence-electron chi connectivity index (χ2n) is 3.29. The minimum absolute atomic E-state index is 0.109. The van der Waals surface area contributed by atoms with E-state index in [-0.39, 0.29) is 12.2 Å². The number of halogens is 2. The minimum Gasteiger partial charge on any atom is -0.417 e. The predicted molar refractivity (Wildman–Crippen MR) is 51.0 cm³/mol. The molecule has 6 heteroatoms. The molecule has 1 fully saturated rings. The van der Waals surface area contributed by atoms with Crippen LogP contribution in [0.1, 0.15) is 0 Å². The summed E-state index contributed by atoms with van der Waals surface area (Å²) >= 11 is 0. The summed E-state index contributed by atoms with van der Waals surface area (Å²) in [5.41, 5.74) is 0.113. The smallest absolute Gasteiger partial charge is 0.416 e. The van der Waals surface area contributed by atoms with Crippen molar-refractivity contribution in [3.8, 4) is 0 Å². The number of cyclic esters (lactones) is 1. The molecule has 0 radical (unpaired) electrons. The number of ether oxygens (including phenoxy) is 2. The molecule has 0 saturated carbocycles. The monoisotopic (exact) mass is 229 g/mol. The van der Waals surface area contributed by atoms with Crippen LogP contribution in [0.4, 0.5) is 19.3 Å². The standard InChI is InChI=1S/C10H9F2NO3/c1-15-9-5-13(10(14)16-9)8-3-6(11)2-7(12)4-8/h2-4,9H,5H2,1H3. The Morgan fingerprint density at radius 2 is 2.00 bits per heavy atom. The average Bonchev–Trinajstić information content (AvgIpc) is 2.58. The number of nitrogens with zero attached hydrogens (tertiary/aromatic N) is 1. The Hall–Kier alpha value is -1.69. The molecule has 1 aliphatic heterocycles. The molecule has 1 amide bonds. The summed E-state index contributed by atoms with van der Waals surface area (Å²) in [4.78, 5) is 12.5. The lowest BCUT2D eigenvalue weighted by Crippen LogP contribution is -2.25. The summed E-state index contributed by atoms with van der Waals surface area (Å²) in [6.07, 6.45) is -1.39. The Bertz CT molecular complexity index is 404. The van der Waals surface area contributed by atoms with Crippen LogP contribution in [0.25, 0.3) is 0 Å². The molecule has 0 aromatic heterocycles. The predicted octanol–water partition coefficient (Wildman–Crippen LogP) is 1.89. The van der Waals surface area contributed by atoms with E-state index in [1.54, 1.807) is 0 Å². The maximum Gasteiger partial charge on any atom is 0.416 e. The van der Waals surface area contributed by atoms with Crippen molar-refractivity contribution in [2.75, 3.05) is 18.6 Å². The lowest BCUT2D eigenvalue weighted by atomic mass is 10.3. The number of hydrogen-bond acceptors (Lipinski definition) is 3. The van der Waals surface area contributed by atoms with E-state index in [1.165, 1.54) is 7.11 Å². The van der Waals surface area contributed by atoms with Gasteiger partial charge < -0.3 is 9.47 Å². The highest BCUT2D eigenvalue weighted by Crippen LogP contribution is 2.23. The van der Waals surface area contributed by atoms with E-state index in [0.29, 0.717) is 0 Å². The van der Waals surface area contributed by atoms with Gasteiger partial charge in [0, 0.05) is 13.2 Å². The van der Waals surface area contributed by atoms with E-state index in [1.807, 2.05) is 0 Å². The molecule has 86 valence electrons. The van der Waals surface area contributed by atoms with Crippen LogP contribution in [0.15, 0.2) is 18.2 Å². The number of carbonyl (C=O) groups excluding carboxylic acids is 1. The third-order valence-electron chi connectivity index (χ3n) is 2.21. The summed E-state index contributed by atoms with van der Waals surface area (Å²) in [6, 6.07) is 2.85. The Balaban J connectivity index is 2.27. The number of carbonyl (C=O) groups is 1. The van der Waals surface area contributed by atoms with Gasteiger partial charge in [-0.3, -0.25) is 4.90 Å². The van der Waals surface area contributed by atoms with Gasteiger partial charge in [-0.25, -0.2) is 13.6 Å². The number of methoxy groups -OCH3 is 1. The van der Waals surface area contributed by atoms with Crippen LogP contribution in [0.2, 0.25) is 0 Å². The SMILES string of the molecule is COC1CN(c2cc(F)cc(F)c2)C(=O)O1. The summed E-state index contributed by atoms with van der Waals surface area (Å²) in [7, 11) is 1.38. The van der Waals surface area contributed by atoms with Crippen LogP contribution in [-0.4, -0.2) is 26.0 Å². The van der Waals surface area contributed by atoms with E-state index in [2.05, 4.69) is 0 Å². The van der Waals surface area contributed by atoms with Crippen LogP contribution in [0.3, 0.4) is 0 Å². The zero-order valence-corrected chi connectivity index (χ0v) is 8.44. The molecule has 0 aliphatic carbocycles. The van der Waals surface area contributed by atoms with Crippen molar-refractivity contribution in [1.82, 2.24) is 0 Å². The Labute approximate surface area is 90.4 Å². The molecule has 16 heavy (non-hydrogen) atoms. The van der Waals surface area contributed by atoms with Gasteiger partial charge in [-0.2, -0.15) is 0 Å². The molecule has 2 rings (SSSR count). The molecular formula is C10H9F2NO3. The summed E-state index contributed by atoms with van der Waals surface area (Å²) in [6.45, 7) is 0.109. The van der Waals surface area contributed by atoms with Crippen molar-refractivity contribution in [1.29, 1.82) is 0 Å². The van der Waals surface area contributed by atoms with Crippen LogP contribution < -0.4 is 4.90 Å². The molecule has 4 nitrogen and oxygen atoms in total. The van der Waals surface area contributed by atoms with Gasteiger partial charge in [0.1, 0.15) is 11.6 Å². The van der Waals surface area contributed by atoms with E-state index >= 15 is 0 Å². The van der Waals surface area contributed by atoms with Gasteiger partial charge in [-0.05, 0) is 12.1 Å². The first-order chi connectivity index (χ1) is 7.60. The summed E-state index contributed by atoms with van der Waals surface area (Å²) in [5, 5.41) is 0. The van der Waals surface area contributed by atoms with Gasteiger partial charge in [0.15, 0.2) is 0 Å². The van der Waals surface area contributed by atoms with E-state index < -0.39 is 24.0 Å². The Kier molecular flexibility index (Phi) is 2.74. The first-order valence-electron chi connectivity index (χ1n) is 4.57. The third kappa shape index (κ3) is 1.96. The van der Waals surface area contributed by atoms with Gasteiger partial charge in [0.25, 0.3) is 0 Å². The number of amides is 1. The number of benzene rings is 1. The zero-order valence-electron chi connectivity index (χ0n) is 8.44. The second kappa shape index (κ2) is 4.05. The van der Waals surface area contributed by atoms with Crippen LogP contribution >= 0.6 is 0 Å². The fourth-order valence-electron chi connectivity index (χ4n) is 1.47. The molecular weight excluding hydrogens is 220 g/mol. The van der Waals surface area contributed by atoms with E-state index in [9.17, 15) is 13.6 Å². The van der Waals surface area contributed by atoms with Crippen molar-refractivity contribution in [2.45, 2.75) is 6.29 Å². The van der Waals surface area contributed by atoms with Crippen molar-refractivity contribution in [2.24, 2.45) is 0 Å². The maximum atomic E-state index is 12.9. The van der Waals surface area contributed by atoms with Gasteiger partial charge >= 0.3 is 6.09 Å². The molecule has 0 bridgehead atoms.